The van der Waals surface area contributed by atoms with E-state index in [1.165, 1.54) is 33.7 Å². The summed E-state index contributed by atoms with van der Waals surface area (Å²) < 4.78 is 2.74. The van der Waals surface area contributed by atoms with Gasteiger partial charge in [0, 0.05) is 0 Å². The Morgan fingerprint density at radius 3 is 2.95 bits per heavy atom. The molecule has 0 amide bonds. The predicted molar refractivity (Wildman–Crippen MR) is 74.0 cm³/mol. The Labute approximate surface area is 114 Å². The van der Waals surface area contributed by atoms with Crippen LogP contribution >= 0.6 is 22.7 Å². The van der Waals surface area contributed by atoms with Crippen LogP contribution in [0.15, 0.2) is 34.3 Å². The van der Waals surface area contributed by atoms with Crippen molar-refractivity contribution >= 4 is 43.1 Å². The van der Waals surface area contributed by atoms with E-state index in [0.29, 0.717) is 16.0 Å². The Kier molecular flexibility index (Phi) is 2.20. The molecule has 8 heteroatoms. The monoisotopic (exact) mass is 287 g/mol. The Balaban J connectivity index is 2.12. The first-order chi connectivity index (χ1) is 9.34. The normalized spacial score (nSPS) is 11.4. The number of hydrogen-bond donors (Lipinski definition) is 0. The molecule has 0 saturated carbocycles. The number of thiophene rings is 1. The van der Waals surface area contributed by atoms with Crippen LogP contribution in [-0.2, 0) is 0 Å². The summed E-state index contributed by atoms with van der Waals surface area (Å²) in [6, 6.07) is 1.89. The first-order valence-electron chi connectivity index (χ1n) is 5.35. The summed E-state index contributed by atoms with van der Waals surface area (Å²) in [5, 5.41) is 6.06. The molecule has 0 aliphatic heterocycles. The lowest BCUT2D eigenvalue weighted by Gasteiger charge is -2.03. The van der Waals surface area contributed by atoms with E-state index in [-0.39, 0.29) is 5.56 Å². The molecule has 4 aromatic rings. The standard InChI is InChI=1S/C11H5N5OS2/c17-11-9-7(14-5-19-9)3-15-16(11)10-8-6(1-2-18-8)12-4-13-10/h1-5H. The topological polar surface area (TPSA) is 73.6 Å². The Bertz CT molecular complexity index is 954. The van der Waals surface area contributed by atoms with Gasteiger partial charge in [-0.2, -0.15) is 9.78 Å². The minimum atomic E-state index is -0.201. The van der Waals surface area contributed by atoms with Gasteiger partial charge in [0.15, 0.2) is 5.82 Å². The fraction of sp³-hybridized carbons (Fsp3) is 0. The van der Waals surface area contributed by atoms with E-state index >= 15 is 0 Å². The second-order valence-electron chi connectivity index (χ2n) is 3.76. The molecule has 4 rings (SSSR count). The van der Waals surface area contributed by atoms with Gasteiger partial charge in [0.25, 0.3) is 5.56 Å². The summed E-state index contributed by atoms with van der Waals surface area (Å²) in [6.45, 7) is 0. The quantitative estimate of drug-likeness (QED) is 0.534. The third kappa shape index (κ3) is 1.50. The maximum Gasteiger partial charge on any atom is 0.292 e. The van der Waals surface area contributed by atoms with Crippen LogP contribution in [0.3, 0.4) is 0 Å². The first kappa shape index (κ1) is 10.7. The van der Waals surface area contributed by atoms with Crippen LogP contribution in [0.1, 0.15) is 0 Å². The lowest BCUT2D eigenvalue weighted by atomic mass is 10.4. The summed E-state index contributed by atoms with van der Waals surface area (Å²) in [5.74, 6) is 0.514. The van der Waals surface area contributed by atoms with Crippen LogP contribution in [0.25, 0.3) is 26.3 Å². The fourth-order valence-electron chi connectivity index (χ4n) is 1.85. The number of rotatable bonds is 1. The number of nitrogens with zero attached hydrogens (tertiary/aromatic N) is 5. The molecule has 92 valence electrons. The lowest BCUT2D eigenvalue weighted by Crippen LogP contribution is -2.21. The molecule has 0 aliphatic rings. The Morgan fingerprint density at radius 2 is 2.00 bits per heavy atom. The van der Waals surface area contributed by atoms with Crippen molar-refractivity contribution < 1.29 is 0 Å². The average molecular weight is 287 g/mol. The third-order valence-corrected chi connectivity index (χ3v) is 4.43. The zero-order valence-corrected chi connectivity index (χ0v) is 11.0. The van der Waals surface area contributed by atoms with Crippen molar-refractivity contribution in [2.45, 2.75) is 0 Å². The molecule has 0 unspecified atom stereocenters. The Hall–Kier alpha value is -2.19. The predicted octanol–water partition coefficient (Wildman–Crippen LogP) is 1.85. The van der Waals surface area contributed by atoms with Gasteiger partial charge in [-0.05, 0) is 11.4 Å². The van der Waals surface area contributed by atoms with Crippen molar-refractivity contribution in [3.63, 3.8) is 0 Å². The minimum absolute atomic E-state index is 0.201. The molecule has 0 N–H and O–H groups in total. The molecule has 0 bridgehead atoms. The van der Waals surface area contributed by atoms with Crippen LogP contribution in [0, 0.1) is 0 Å². The second kappa shape index (κ2) is 3.90. The molecule has 0 aliphatic carbocycles. The smallest absolute Gasteiger partial charge is 0.266 e. The van der Waals surface area contributed by atoms with Gasteiger partial charge >= 0.3 is 0 Å². The first-order valence-corrected chi connectivity index (χ1v) is 7.10. The van der Waals surface area contributed by atoms with Gasteiger partial charge in [0.1, 0.15) is 16.5 Å². The van der Waals surface area contributed by atoms with E-state index in [1.54, 1.807) is 11.7 Å². The maximum atomic E-state index is 12.4. The molecule has 4 aromatic heterocycles. The van der Waals surface area contributed by atoms with E-state index < -0.39 is 0 Å². The van der Waals surface area contributed by atoms with Gasteiger partial charge < -0.3 is 0 Å². The van der Waals surface area contributed by atoms with Crippen LogP contribution in [0.5, 0.6) is 0 Å². The van der Waals surface area contributed by atoms with Gasteiger partial charge in [-0.3, -0.25) is 4.79 Å². The lowest BCUT2D eigenvalue weighted by molar-refractivity contribution is 0.800. The van der Waals surface area contributed by atoms with Gasteiger partial charge in [-0.15, -0.1) is 22.7 Å². The van der Waals surface area contributed by atoms with Gasteiger partial charge in [0.2, 0.25) is 0 Å². The van der Waals surface area contributed by atoms with Crippen LogP contribution in [0.4, 0.5) is 0 Å². The zero-order chi connectivity index (χ0) is 12.8. The highest BCUT2D eigenvalue weighted by molar-refractivity contribution is 7.17. The summed E-state index contributed by atoms with van der Waals surface area (Å²) in [6.07, 6.45) is 3.02. The van der Waals surface area contributed by atoms with Gasteiger partial charge in [-0.25, -0.2) is 15.0 Å². The van der Waals surface area contributed by atoms with Crippen LogP contribution in [0.2, 0.25) is 0 Å². The SMILES string of the molecule is O=c1c2scnc2cnn1-c1ncnc2ccsc12. The molecular formula is C11H5N5OS2. The average Bonchev–Trinajstić information content (AvgIpc) is 3.07. The molecule has 6 nitrogen and oxygen atoms in total. The van der Waals surface area contributed by atoms with Crippen LogP contribution < -0.4 is 5.56 Å². The van der Waals surface area contributed by atoms with Crippen molar-refractivity contribution in [2.75, 3.05) is 0 Å². The van der Waals surface area contributed by atoms with Gasteiger partial charge in [0.05, 0.1) is 21.9 Å². The number of aromatic nitrogens is 5. The van der Waals surface area contributed by atoms with Crippen molar-refractivity contribution in [1.29, 1.82) is 0 Å². The van der Waals surface area contributed by atoms with E-state index in [1.807, 2.05) is 11.4 Å². The third-order valence-electron chi connectivity index (χ3n) is 2.70. The van der Waals surface area contributed by atoms with E-state index in [4.69, 9.17) is 0 Å². The molecule has 0 saturated heterocycles. The second-order valence-corrected chi connectivity index (χ2v) is 5.53. The van der Waals surface area contributed by atoms with E-state index in [2.05, 4.69) is 20.1 Å². The summed E-state index contributed by atoms with van der Waals surface area (Å²) in [7, 11) is 0. The number of hydrogen-bond acceptors (Lipinski definition) is 7. The van der Waals surface area contributed by atoms with Gasteiger partial charge in [-0.1, -0.05) is 0 Å². The number of thiazole rings is 1. The zero-order valence-electron chi connectivity index (χ0n) is 9.35. The molecule has 0 fully saturated rings. The highest BCUT2D eigenvalue weighted by atomic mass is 32.1. The molecule has 0 spiro atoms. The van der Waals surface area contributed by atoms with Crippen molar-refractivity contribution in [3.8, 4) is 5.82 Å². The maximum absolute atomic E-state index is 12.4. The largest absolute Gasteiger partial charge is 0.292 e. The molecule has 0 radical (unpaired) electrons. The minimum Gasteiger partial charge on any atom is -0.266 e. The molecule has 0 atom stereocenters. The van der Waals surface area contributed by atoms with Crippen molar-refractivity contribution in [2.24, 2.45) is 0 Å². The summed E-state index contributed by atoms with van der Waals surface area (Å²) >= 11 is 2.79. The summed E-state index contributed by atoms with van der Waals surface area (Å²) in [5.41, 5.74) is 2.86. The fourth-order valence-corrected chi connectivity index (χ4v) is 3.35. The van der Waals surface area contributed by atoms with E-state index in [0.717, 1.165) is 10.2 Å². The van der Waals surface area contributed by atoms with Crippen molar-refractivity contribution in [1.82, 2.24) is 24.7 Å². The van der Waals surface area contributed by atoms with E-state index in [9.17, 15) is 4.79 Å². The molecular weight excluding hydrogens is 282 g/mol. The Morgan fingerprint density at radius 1 is 1.05 bits per heavy atom. The number of fused-ring (bicyclic) bond motifs is 2. The highest BCUT2D eigenvalue weighted by Gasteiger charge is 2.12. The van der Waals surface area contributed by atoms with Crippen LogP contribution in [-0.4, -0.2) is 24.7 Å². The molecule has 4 heterocycles. The highest BCUT2D eigenvalue weighted by Crippen LogP contribution is 2.23. The molecule has 0 aromatic carbocycles. The molecule has 19 heavy (non-hydrogen) atoms. The van der Waals surface area contributed by atoms with Crippen molar-refractivity contribution in [3.05, 3.63) is 39.8 Å². The summed E-state index contributed by atoms with van der Waals surface area (Å²) in [4.78, 5) is 24.8.